The molecule has 94 valence electrons. The number of anilines is 1. The molecule has 1 heterocycles. The molecule has 0 aromatic heterocycles. The third-order valence-corrected chi connectivity index (χ3v) is 3.28. The lowest BCUT2D eigenvalue weighted by atomic mass is 10.2. The summed E-state index contributed by atoms with van der Waals surface area (Å²) in [5, 5.41) is 4.18. The predicted octanol–water partition coefficient (Wildman–Crippen LogP) is 2.54. The minimum Gasteiger partial charge on any atom is -0.495 e. The quantitative estimate of drug-likeness (QED) is 0.878. The first-order valence-electron chi connectivity index (χ1n) is 6.10. The first-order valence-corrected chi connectivity index (χ1v) is 6.48. The maximum absolute atomic E-state index is 6.07. The van der Waals surface area contributed by atoms with Gasteiger partial charge in [0.2, 0.25) is 0 Å². The van der Waals surface area contributed by atoms with Gasteiger partial charge in [-0.25, -0.2) is 0 Å². The fourth-order valence-electron chi connectivity index (χ4n) is 2.18. The van der Waals surface area contributed by atoms with E-state index in [0.29, 0.717) is 0 Å². The van der Waals surface area contributed by atoms with E-state index in [1.165, 1.54) is 0 Å². The second kappa shape index (κ2) is 6.12. The molecule has 0 atom stereocenters. The van der Waals surface area contributed by atoms with Crippen molar-refractivity contribution in [1.82, 2.24) is 5.32 Å². The Morgan fingerprint density at radius 2 is 1.94 bits per heavy atom. The maximum Gasteiger partial charge on any atom is 0.142 e. The van der Waals surface area contributed by atoms with Crippen molar-refractivity contribution in [3.05, 3.63) is 23.2 Å². The average molecular weight is 255 g/mol. The standard InChI is InChI=1S/C13H19ClN2O/c1-17-13-5-4-11(14)10-12(13)16-8-2-6-15-7-3-9-16/h4-5,10,15H,2-3,6-9H2,1H3. The molecule has 1 saturated heterocycles. The van der Waals surface area contributed by atoms with Crippen LogP contribution in [0, 0.1) is 0 Å². The number of hydrogen-bond acceptors (Lipinski definition) is 3. The Morgan fingerprint density at radius 1 is 1.24 bits per heavy atom. The fraction of sp³-hybridized carbons (Fsp3) is 0.538. The second-order valence-corrected chi connectivity index (χ2v) is 4.70. The van der Waals surface area contributed by atoms with Crippen LogP contribution in [0.1, 0.15) is 12.8 Å². The predicted molar refractivity (Wildman–Crippen MR) is 72.3 cm³/mol. The molecule has 2 rings (SSSR count). The molecule has 1 fully saturated rings. The molecule has 1 aliphatic heterocycles. The Kier molecular flexibility index (Phi) is 4.51. The highest BCUT2D eigenvalue weighted by Gasteiger charge is 2.13. The Balaban J connectivity index is 2.20. The van der Waals surface area contributed by atoms with E-state index in [0.717, 1.165) is 55.5 Å². The van der Waals surface area contributed by atoms with Crippen molar-refractivity contribution in [2.45, 2.75) is 12.8 Å². The Hall–Kier alpha value is -0.930. The van der Waals surface area contributed by atoms with Crippen LogP contribution in [-0.4, -0.2) is 33.3 Å². The topological polar surface area (TPSA) is 24.5 Å². The van der Waals surface area contributed by atoms with Crippen molar-refractivity contribution in [2.75, 3.05) is 38.2 Å². The van der Waals surface area contributed by atoms with Gasteiger partial charge in [-0.3, -0.25) is 0 Å². The van der Waals surface area contributed by atoms with Crippen molar-refractivity contribution >= 4 is 17.3 Å². The Morgan fingerprint density at radius 3 is 2.59 bits per heavy atom. The van der Waals surface area contributed by atoms with E-state index in [2.05, 4.69) is 10.2 Å². The van der Waals surface area contributed by atoms with Crippen LogP contribution in [0.25, 0.3) is 0 Å². The summed E-state index contributed by atoms with van der Waals surface area (Å²) >= 11 is 6.07. The summed E-state index contributed by atoms with van der Waals surface area (Å²) in [6, 6.07) is 5.81. The van der Waals surface area contributed by atoms with Gasteiger partial charge in [-0.15, -0.1) is 0 Å². The summed E-state index contributed by atoms with van der Waals surface area (Å²) in [7, 11) is 1.71. The first-order chi connectivity index (χ1) is 8.31. The van der Waals surface area contributed by atoms with E-state index < -0.39 is 0 Å². The summed E-state index contributed by atoms with van der Waals surface area (Å²) in [5.74, 6) is 0.905. The summed E-state index contributed by atoms with van der Waals surface area (Å²) in [5.41, 5.74) is 1.11. The van der Waals surface area contributed by atoms with E-state index in [4.69, 9.17) is 16.3 Å². The number of rotatable bonds is 2. The molecular weight excluding hydrogens is 236 g/mol. The van der Waals surface area contributed by atoms with Gasteiger partial charge in [-0.1, -0.05) is 11.6 Å². The molecule has 0 unspecified atom stereocenters. The van der Waals surface area contributed by atoms with Crippen LogP contribution in [0.3, 0.4) is 0 Å². The smallest absolute Gasteiger partial charge is 0.142 e. The zero-order chi connectivity index (χ0) is 12.1. The van der Waals surface area contributed by atoms with Crippen LogP contribution in [0.4, 0.5) is 5.69 Å². The number of nitrogens with one attached hydrogen (secondary N) is 1. The summed E-state index contributed by atoms with van der Waals surface area (Å²) in [6.07, 6.45) is 2.30. The molecule has 0 saturated carbocycles. The SMILES string of the molecule is COc1ccc(Cl)cc1N1CCCNCCC1. The molecule has 0 amide bonds. The van der Waals surface area contributed by atoms with Gasteiger partial charge in [-0.2, -0.15) is 0 Å². The van der Waals surface area contributed by atoms with Gasteiger partial charge in [0, 0.05) is 18.1 Å². The summed E-state index contributed by atoms with van der Waals surface area (Å²) in [6.45, 7) is 4.26. The minimum absolute atomic E-state index is 0.765. The van der Waals surface area contributed by atoms with Gasteiger partial charge in [0.1, 0.15) is 5.75 Å². The average Bonchev–Trinajstić information content (AvgIpc) is 2.28. The number of hydrogen-bond donors (Lipinski definition) is 1. The number of methoxy groups -OCH3 is 1. The van der Waals surface area contributed by atoms with Crippen LogP contribution in [0.5, 0.6) is 5.75 Å². The van der Waals surface area contributed by atoms with Gasteiger partial charge in [-0.05, 0) is 44.1 Å². The van der Waals surface area contributed by atoms with E-state index >= 15 is 0 Å². The summed E-state index contributed by atoms with van der Waals surface area (Å²) in [4.78, 5) is 2.37. The Labute approximate surface area is 108 Å². The monoisotopic (exact) mass is 254 g/mol. The van der Waals surface area contributed by atoms with Crippen LogP contribution in [0.15, 0.2) is 18.2 Å². The van der Waals surface area contributed by atoms with Gasteiger partial charge in [0.05, 0.1) is 12.8 Å². The van der Waals surface area contributed by atoms with Crippen LogP contribution < -0.4 is 15.0 Å². The third kappa shape index (κ3) is 3.27. The van der Waals surface area contributed by atoms with Gasteiger partial charge >= 0.3 is 0 Å². The molecule has 0 bridgehead atoms. The zero-order valence-corrected chi connectivity index (χ0v) is 11.0. The Bertz CT molecular complexity index is 362. The van der Waals surface area contributed by atoms with Gasteiger partial charge in [0.25, 0.3) is 0 Å². The lowest BCUT2D eigenvalue weighted by Crippen LogP contribution is -2.34. The third-order valence-electron chi connectivity index (χ3n) is 3.04. The van der Waals surface area contributed by atoms with Crippen LogP contribution in [-0.2, 0) is 0 Å². The van der Waals surface area contributed by atoms with Crippen LogP contribution >= 0.6 is 11.6 Å². The van der Waals surface area contributed by atoms with Crippen LogP contribution in [0.2, 0.25) is 5.02 Å². The van der Waals surface area contributed by atoms with E-state index in [1.54, 1.807) is 7.11 Å². The molecule has 17 heavy (non-hydrogen) atoms. The van der Waals surface area contributed by atoms with Crippen molar-refractivity contribution < 1.29 is 4.74 Å². The van der Waals surface area contributed by atoms with Crippen molar-refractivity contribution in [3.8, 4) is 5.75 Å². The largest absolute Gasteiger partial charge is 0.495 e. The lowest BCUT2D eigenvalue weighted by molar-refractivity contribution is 0.413. The second-order valence-electron chi connectivity index (χ2n) is 4.26. The molecule has 1 aromatic carbocycles. The summed E-state index contributed by atoms with van der Waals surface area (Å²) < 4.78 is 5.41. The number of nitrogens with zero attached hydrogens (tertiary/aromatic N) is 1. The van der Waals surface area contributed by atoms with Crippen molar-refractivity contribution in [2.24, 2.45) is 0 Å². The highest BCUT2D eigenvalue weighted by molar-refractivity contribution is 6.30. The number of halogens is 1. The maximum atomic E-state index is 6.07. The van der Waals surface area contributed by atoms with Crippen molar-refractivity contribution in [1.29, 1.82) is 0 Å². The highest BCUT2D eigenvalue weighted by atomic mass is 35.5. The minimum atomic E-state index is 0.765. The molecule has 3 nitrogen and oxygen atoms in total. The van der Waals surface area contributed by atoms with E-state index in [1.807, 2.05) is 18.2 Å². The lowest BCUT2D eigenvalue weighted by Gasteiger charge is -2.28. The molecule has 0 aliphatic carbocycles. The van der Waals surface area contributed by atoms with E-state index in [-0.39, 0.29) is 0 Å². The fourth-order valence-corrected chi connectivity index (χ4v) is 2.34. The van der Waals surface area contributed by atoms with E-state index in [9.17, 15) is 0 Å². The number of ether oxygens (including phenoxy) is 1. The van der Waals surface area contributed by atoms with Crippen molar-refractivity contribution in [3.63, 3.8) is 0 Å². The van der Waals surface area contributed by atoms with Gasteiger partial charge < -0.3 is 15.0 Å². The zero-order valence-electron chi connectivity index (χ0n) is 10.2. The molecule has 1 N–H and O–H groups in total. The number of benzene rings is 1. The first kappa shape index (κ1) is 12.5. The molecule has 4 heteroatoms. The molecule has 1 aromatic rings. The normalized spacial score (nSPS) is 17.4. The van der Waals surface area contributed by atoms with Gasteiger partial charge in [0.15, 0.2) is 0 Å². The molecule has 0 radical (unpaired) electrons. The highest BCUT2D eigenvalue weighted by Crippen LogP contribution is 2.31. The molecular formula is C13H19ClN2O. The molecule has 0 spiro atoms. The molecule has 1 aliphatic rings.